The fourth-order valence-electron chi connectivity index (χ4n) is 1.83. The Hall–Kier alpha value is -0.570. The summed E-state index contributed by atoms with van der Waals surface area (Å²) in [6.07, 6.45) is 2.34. The Bertz CT molecular complexity index is 283. The zero-order valence-electron chi connectivity index (χ0n) is 7.41. The number of hydrogen-bond donors (Lipinski definition) is 1. The minimum Gasteiger partial charge on any atom is -0.268 e. The zero-order chi connectivity index (χ0) is 9.26. The molecular formula is C10H13ClN2. The molecule has 0 amide bonds. The maximum Gasteiger partial charge on any atom is 0.0491 e. The molecule has 1 unspecified atom stereocenters. The summed E-state index contributed by atoms with van der Waals surface area (Å²) < 4.78 is 0. The van der Waals surface area contributed by atoms with Crippen molar-refractivity contribution in [2.45, 2.75) is 18.9 Å². The maximum absolute atomic E-state index is 5.85. The highest BCUT2D eigenvalue weighted by molar-refractivity contribution is 6.30. The highest BCUT2D eigenvalue weighted by Gasteiger charge is 2.22. The van der Waals surface area contributed by atoms with E-state index in [1.54, 1.807) is 0 Å². The second-order valence-electron chi connectivity index (χ2n) is 3.45. The Morgan fingerprint density at radius 1 is 1.31 bits per heavy atom. The topological polar surface area (TPSA) is 29.3 Å². The summed E-state index contributed by atoms with van der Waals surface area (Å²) in [5.74, 6) is 5.85. The lowest BCUT2D eigenvalue weighted by Gasteiger charge is -2.19. The summed E-state index contributed by atoms with van der Waals surface area (Å²) in [5.41, 5.74) is 1.27. The number of nitrogens with zero attached hydrogens (tertiary/aromatic N) is 1. The number of nitrogens with two attached hydrogens (primary N) is 1. The van der Waals surface area contributed by atoms with E-state index < -0.39 is 0 Å². The molecule has 13 heavy (non-hydrogen) atoms. The third kappa shape index (κ3) is 1.85. The van der Waals surface area contributed by atoms with E-state index in [0.29, 0.717) is 6.04 Å². The number of hydrogen-bond acceptors (Lipinski definition) is 2. The summed E-state index contributed by atoms with van der Waals surface area (Å²) in [4.78, 5) is 0. The molecule has 0 spiro atoms. The van der Waals surface area contributed by atoms with Crippen LogP contribution in [0.3, 0.4) is 0 Å². The highest BCUT2D eigenvalue weighted by atomic mass is 35.5. The van der Waals surface area contributed by atoms with Crippen LogP contribution >= 0.6 is 11.6 Å². The molecule has 70 valence electrons. The Labute approximate surface area is 83.3 Å². The number of hydrazine groups is 1. The van der Waals surface area contributed by atoms with E-state index in [9.17, 15) is 0 Å². The van der Waals surface area contributed by atoms with E-state index in [0.717, 1.165) is 18.0 Å². The first kappa shape index (κ1) is 9.00. The standard InChI is InChI=1S/C10H13ClN2/c11-9-5-3-8(4-6-9)10-2-1-7-13(10)12/h3-6,10H,1-2,7,12H2. The van der Waals surface area contributed by atoms with Gasteiger partial charge >= 0.3 is 0 Å². The van der Waals surface area contributed by atoms with Crippen LogP contribution in [0.5, 0.6) is 0 Å². The number of rotatable bonds is 1. The predicted octanol–water partition coefficient (Wildman–Crippen LogP) is 2.35. The minimum atomic E-state index is 0.386. The van der Waals surface area contributed by atoms with E-state index in [2.05, 4.69) is 12.1 Å². The van der Waals surface area contributed by atoms with Crippen molar-refractivity contribution in [1.29, 1.82) is 0 Å². The molecule has 1 atom stereocenters. The van der Waals surface area contributed by atoms with Crippen molar-refractivity contribution >= 4 is 11.6 Å². The third-order valence-corrected chi connectivity index (χ3v) is 2.80. The van der Waals surface area contributed by atoms with Gasteiger partial charge < -0.3 is 0 Å². The van der Waals surface area contributed by atoms with Crippen molar-refractivity contribution in [2.24, 2.45) is 5.84 Å². The van der Waals surface area contributed by atoms with E-state index >= 15 is 0 Å². The molecule has 1 saturated heterocycles. The van der Waals surface area contributed by atoms with Crippen LogP contribution in [0.2, 0.25) is 5.02 Å². The Kier molecular flexibility index (Phi) is 2.54. The smallest absolute Gasteiger partial charge is 0.0491 e. The minimum absolute atomic E-state index is 0.386. The summed E-state index contributed by atoms with van der Waals surface area (Å²) in [7, 11) is 0. The quantitative estimate of drug-likeness (QED) is 0.699. The lowest BCUT2D eigenvalue weighted by atomic mass is 10.1. The van der Waals surface area contributed by atoms with Gasteiger partial charge in [0, 0.05) is 17.6 Å². The average molecular weight is 197 g/mol. The van der Waals surface area contributed by atoms with Gasteiger partial charge in [-0.2, -0.15) is 0 Å². The summed E-state index contributed by atoms with van der Waals surface area (Å²) in [5, 5.41) is 2.69. The molecule has 1 fully saturated rings. The molecule has 2 N–H and O–H groups in total. The van der Waals surface area contributed by atoms with Gasteiger partial charge in [0.2, 0.25) is 0 Å². The van der Waals surface area contributed by atoms with Gasteiger partial charge in [-0.15, -0.1) is 0 Å². The fraction of sp³-hybridized carbons (Fsp3) is 0.400. The lowest BCUT2D eigenvalue weighted by Crippen LogP contribution is -2.30. The zero-order valence-corrected chi connectivity index (χ0v) is 8.17. The highest BCUT2D eigenvalue weighted by Crippen LogP contribution is 2.29. The molecular weight excluding hydrogens is 184 g/mol. The lowest BCUT2D eigenvalue weighted by molar-refractivity contribution is 0.266. The predicted molar refractivity (Wildman–Crippen MR) is 54.3 cm³/mol. The van der Waals surface area contributed by atoms with Crippen molar-refractivity contribution in [3.8, 4) is 0 Å². The van der Waals surface area contributed by atoms with Crippen LogP contribution in [0.4, 0.5) is 0 Å². The molecule has 0 saturated carbocycles. The molecule has 0 aliphatic carbocycles. The van der Waals surface area contributed by atoms with Gasteiger partial charge in [-0.3, -0.25) is 5.84 Å². The molecule has 3 heteroatoms. The molecule has 0 bridgehead atoms. The molecule has 1 heterocycles. The first-order chi connectivity index (χ1) is 6.27. The largest absolute Gasteiger partial charge is 0.268 e. The molecule has 1 aromatic carbocycles. The van der Waals surface area contributed by atoms with E-state index in [-0.39, 0.29) is 0 Å². The summed E-state index contributed by atoms with van der Waals surface area (Å²) >= 11 is 5.81. The summed E-state index contributed by atoms with van der Waals surface area (Å²) in [6.45, 7) is 0.993. The van der Waals surface area contributed by atoms with E-state index in [1.165, 1.54) is 12.0 Å². The maximum atomic E-state index is 5.85. The van der Waals surface area contributed by atoms with Gasteiger partial charge in [0.25, 0.3) is 0 Å². The molecule has 1 aromatic rings. The van der Waals surface area contributed by atoms with Gasteiger partial charge in [0.05, 0.1) is 0 Å². The Balaban J connectivity index is 2.20. The molecule has 2 nitrogen and oxygen atoms in total. The normalized spacial score (nSPS) is 23.7. The number of halogens is 1. The van der Waals surface area contributed by atoms with Gasteiger partial charge in [0.1, 0.15) is 0 Å². The molecule has 1 aliphatic heterocycles. The SMILES string of the molecule is NN1CCCC1c1ccc(Cl)cc1. The van der Waals surface area contributed by atoms with Crippen LogP contribution in [-0.4, -0.2) is 11.6 Å². The van der Waals surface area contributed by atoms with Gasteiger partial charge in [-0.25, -0.2) is 5.01 Å². The van der Waals surface area contributed by atoms with Crippen molar-refractivity contribution in [2.75, 3.05) is 6.54 Å². The Morgan fingerprint density at radius 3 is 2.54 bits per heavy atom. The van der Waals surface area contributed by atoms with Crippen LogP contribution in [0, 0.1) is 0 Å². The van der Waals surface area contributed by atoms with E-state index in [1.807, 2.05) is 17.1 Å². The third-order valence-electron chi connectivity index (χ3n) is 2.55. The van der Waals surface area contributed by atoms with Gasteiger partial charge in [-0.05, 0) is 30.5 Å². The number of benzene rings is 1. The van der Waals surface area contributed by atoms with Crippen molar-refractivity contribution in [3.63, 3.8) is 0 Å². The van der Waals surface area contributed by atoms with Crippen LogP contribution in [-0.2, 0) is 0 Å². The van der Waals surface area contributed by atoms with Crippen molar-refractivity contribution < 1.29 is 0 Å². The van der Waals surface area contributed by atoms with Crippen molar-refractivity contribution in [1.82, 2.24) is 5.01 Å². The summed E-state index contributed by atoms with van der Waals surface area (Å²) in [6, 6.07) is 8.33. The molecule has 1 aliphatic rings. The van der Waals surface area contributed by atoms with Gasteiger partial charge in [0.15, 0.2) is 0 Å². The second-order valence-corrected chi connectivity index (χ2v) is 3.88. The molecule has 0 aromatic heterocycles. The Morgan fingerprint density at radius 2 is 2.00 bits per heavy atom. The van der Waals surface area contributed by atoms with Crippen molar-refractivity contribution in [3.05, 3.63) is 34.9 Å². The van der Waals surface area contributed by atoms with Crippen LogP contribution in [0.1, 0.15) is 24.4 Å². The van der Waals surface area contributed by atoms with Crippen LogP contribution in [0.25, 0.3) is 0 Å². The fourth-order valence-corrected chi connectivity index (χ4v) is 1.96. The van der Waals surface area contributed by atoms with Crippen LogP contribution < -0.4 is 5.84 Å². The molecule has 2 rings (SSSR count). The first-order valence-electron chi connectivity index (χ1n) is 4.54. The van der Waals surface area contributed by atoms with E-state index in [4.69, 9.17) is 17.4 Å². The van der Waals surface area contributed by atoms with Gasteiger partial charge in [-0.1, -0.05) is 23.7 Å². The average Bonchev–Trinajstić information content (AvgIpc) is 2.53. The molecule has 0 radical (unpaired) electrons. The van der Waals surface area contributed by atoms with Crippen LogP contribution in [0.15, 0.2) is 24.3 Å². The monoisotopic (exact) mass is 196 g/mol. The first-order valence-corrected chi connectivity index (χ1v) is 4.92. The second kappa shape index (κ2) is 3.66.